The summed E-state index contributed by atoms with van der Waals surface area (Å²) in [7, 11) is 3.04. The van der Waals surface area contributed by atoms with Crippen molar-refractivity contribution in [2.75, 3.05) is 14.2 Å². The molecular formula is C16H17NO5S. The fourth-order valence-corrected chi connectivity index (χ4v) is 2.86. The van der Waals surface area contributed by atoms with E-state index < -0.39 is 5.97 Å². The molecule has 0 spiro atoms. The molecule has 2 aromatic rings. The molecule has 1 aromatic carbocycles. The number of carbonyl (C=O) groups is 2. The Bertz CT molecular complexity index is 738. The van der Waals surface area contributed by atoms with Crippen LogP contribution in [0.3, 0.4) is 0 Å². The molecule has 0 saturated heterocycles. The summed E-state index contributed by atoms with van der Waals surface area (Å²) in [5.41, 5.74) is 1.25. The molecule has 0 saturated carbocycles. The number of hydrogen-bond donors (Lipinski definition) is 2. The standard InChI is InChI=1S/C16H17NO5S/c1-9-6-12(21-2)13(22-3)7-11(9)15(18)17-8-10-4-5-14(23-10)16(19)20/h4-7H,8H2,1-3H3,(H,17,18)(H,19,20). The average molecular weight is 335 g/mol. The molecule has 122 valence electrons. The number of carbonyl (C=O) groups excluding carboxylic acids is 1. The molecule has 0 atom stereocenters. The number of benzene rings is 1. The molecule has 2 rings (SSSR count). The first kappa shape index (κ1) is 16.8. The van der Waals surface area contributed by atoms with Crippen LogP contribution in [-0.4, -0.2) is 31.2 Å². The van der Waals surface area contributed by atoms with Crippen molar-refractivity contribution in [2.45, 2.75) is 13.5 Å². The van der Waals surface area contributed by atoms with Gasteiger partial charge in [-0.05, 0) is 36.8 Å². The fourth-order valence-electron chi connectivity index (χ4n) is 2.08. The van der Waals surface area contributed by atoms with E-state index in [1.807, 2.05) is 6.92 Å². The van der Waals surface area contributed by atoms with E-state index in [4.69, 9.17) is 14.6 Å². The van der Waals surface area contributed by atoms with Crippen LogP contribution in [0.4, 0.5) is 0 Å². The second kappa shape index (κ2) is 7.15. The zero-order chi connectivity index (χ0) is 17.0. The fraction of sp³-hybridized carbons (Fsp3) is 0.250. The largest absolute Gasteiger partial charge is 0.493 e. The molecule has 0 bridgehead atoms. The van der Waals surface area contributed by atoms with Crippen molar-refractivity contribution in [3.8, 4) is 11.5 Å². The van der Waals surface area contributed by atoms with Crippen LogP contribution < -0.4 is 14.8 Å². The van der Waals surface area contributed by atoms with E-state index in [2.05, 4.69) is 5.32 Å². The van der Waals surface area contributed by atoms with Crippen LogP contribution in [0.15, 0.2) is 24.3 Å². The Hall–Kier alpha value is -2.54. The number of methoxy groups -OCH3 is 2. The van der Waals surface area contributed by atoms with Gasteiger partial charge < -0.3 is 19.9 Å². The average Bonchev–Trinajstić information content (AvgIpc) is 3.01. The van der Waals surface area contributed by atoms with Crippen molar-refractivity contribution in [1.82, 2.24) is 5.32 Å². The normalized spacial score (nSPS) is 10.2. The SMILES string of the molecule is COc1cc(C)c(C(=O)NCc2ccc(C(=O)O)s2)cc1OC. The lowest BCUT2D eigenvalue weighted by Crippen LogP contribution is -2.23. The first-order valence-electron chi connectivity index (χ1n) is 6.79. The van der Waals surface area contributed by atoms with Crippen molar-refractivity contribution in [3.63, 3.8) is 0 Å². The van der Waals surface area contributed by atoms with E-state index in [0.29, 0.717) is 17.1 Å². The van der Waals surface area contributed by atoms with Gasteiger partial charge in [0, 0.05) is 10.4 Å². The molecule has 0 fully saturated rings. The van der Waals surface area contributed by atoms with Gasteiger partial charge in [0.15, 0.2) is 11.5 Å². The van der Waals surface area contributed by atoms with Gasteiger partial charge in [0.05, 0.1) is 20.8 Å². The third-order valence-electron chi connectivity index (χ3n) is 3.27. The van der Waals surface area contributed by atoms with Gasteiger partial charge in [0.2, 0.25) is 0 Å². The Morgan fingerprint density at radius 3 is 2.39 bits per heavy atom. The molecular weight excluding hydrogens is 318 g/mol. The van der Waals surface area contributed by atoms with Gasteiger partial charge in [-0.15, -0.1) is 11.3 Å². The van der Waals surface area contributed by atoms with Crippen LogP contribution in [0.25, 0.3) is 0 Å². The second-order valence-electron chi connectivity index (χ2n) is 4.78. The maximum absolute atomic E-state index is 12.3. The van der Waals surface area contributed by atoms with E-state index in [9.17, 15) is 9.59 Å². The van der Waals surface area contributed by atoms with Gasteiger partial charge in [0.25, 0.3) is 5.91 Å². The number of ether oxygens (including phenoxy) is 2. The van der Waals surface area contributed by atoms with Crippen molar-refractivity contribution in [3.05, 3.63) is 45.1 Å². The summed E-state index contributed by atoms with van der Waals surface area (Å²) in [5, 5.41) is 11.7. The summed E-state index contributed by atoms with van der Waals surface area (Å²) in [6.07, 6.45) is 0. The lowest BCUT2D eigenvalue weighted by atomic mass is 10.1. The topological polar surface area (TPSA) is 84.9 Å². The van der Waals surface area contributed by atoms with Gasteiger partial charge in [-0.25, -0.2) is 4.79 Å². The van der Waals surface area contributed by atoms with E-state index in [-0.39, 0.29) is 17.3 Å². The summed E-state index contributed by atoms with van der Waals surface area (Å²) in [6, 6.07) is 6.58. The van der Waals surface area contributed by atoms with E-state index in [1.165, 1.54) is 20.3 Å². The molecule has 2 N–H and O–H groups in total. The molecule has 0 aliphatic carbocycles. The zero-order valence-corrected chi connectivity index (χ0v) is 13.8. The molecule has 0 aliphatic heterocycles. The van der Waals surface area contributed by atoms with Crippen LogP contribution in [0, 0.1) is 6.92 Å². The molecule has 1 heterocycles. The summed E-state index contributed by atoms with van der Waals surface area (Å²) in [5.74, 6) is -0.185. The molecule has 1 aromatic heterocycles. The minimum atomic E-state index is -0.969. The van der Waals surface area contributed by atoms with Crippen molar-refractivity contribution < 1.29 is 24.2 Å². The summed E-state index contributed by atoms with van der Waals surface area (Å²) in [6.45, 7) is 2.08. The van der Waals surface area contributed by atoms with Crippen LogP contribution in [0.5, 0.6) is 11.5 Å². The monoisotopic (exact) mass is 335 g/mol. The Morgan fingerprint density at radius 2 is 1.83 bits per heavy atom. The molecule has 0 unspecified atom stereocenters. The van der Waals surface area contributed by atoms with Gasteiger partial charge in [0.1, 0.15) is 4.88 Å². The number of aryl methyl sites for hydroxylation is 1. The van der Waals surface area contributed by atoms with Crippen LogP contribution in [-0.2, 0) is 6.54 Å². The minimum absolute atomic E-state index is 0.247. The lowest BCUT2D eigenvalue weighted by Gasteiger charge is -2.12. The second-order valence-corrected chi connectivity index (χ2v) is 5.94. The summed E-state index contributed by atoms with van der Waals surface area (Å²) < 4.78 is 10.4. The quantitative estimate of drug-likeness (QED) is 0.848. The number of hydrogen-bond acceptors (Lipinski definition) is 5. The summed E-state index contributed by atoms with van der Waals surface area (Å²) >= 11 is 1.14. The third kappa shape index (κ3) is 3.81. The molecule has 6 nitrogen and oxygen atoms in total. The Labute approximate surface area is 137 Å². The van der Waals surface area contributed by atoms with Crippen LogP contribution >= 0.6 is 11.3 Å². The van der Waals surface area contributed by atoms with Crippen LogP contribution in [0.1, 0.15) is 30.5 Å². The number of carboxylic acids is 1. The molecule has 1 amide bonds. The highest BCUT2D eigenvalue weighted by atomic mass is 32.1. The number of nitrogens with one attached hydrogen (secondary N) is 1. The molecule has 0 radical (unpaired) electrons. The Morgan fingerprint density at radius 1 is 1.17 bits per heavy atom. The Kier molecular flexibility index (Phi) is 5.23. The maximum Gasteiger partial charge on any atom is 0.345 e. The van der Waals surface area contributed by atoms with Gasteiger partial charge in [-0.3, -0.25) is 4.79 Å². The number of rotatable bonds is 6. The van der Waals surface area contributed by atoms with Crippen molar-refractivity contribution in [2.24, 2.45) is 0 Å². The Balaban J connectivity index is 2.12. The highest BCUT2D eigenvalue weighted by Gasteiger charge is 2.15. The molecule has 7 heteroatoms. The van der Waals surface area contributed by atoms with Crippen molar-refractivity contribution in [1.29, 1.82) is 0 Å². The lowest BCUT2D eigenvalue weighted by molar-refractivity contribution is 0.0702. The van der Waals surface area contributed by atoms with Crippen molar-refractivity contribution >= 4 is 23.2 Å². The number of amides is 1. The molecule has 0 aliphatic rings. The van der Waals surface area contributed by atoms with E-state index in [0.717, 1.165) is 21.8 Å². The number of aromatic carboxylic acids is 1. The smallest absolute Gasteiger partial charge is 0.345 e. The van der Waals surface area contributed by atoms with Gasteiger partial charge in [-0.1, -0.05) is 0 Å². The number of carboxylic acid groups (broad SMARTS) is 1. The van der Waals surface area contributed by atoms with E-state index in [1.54, 1.807) is 18.2 Å². The number of thiophene rings is 1. The predicted octanol–water partition coefficient (Wildman–Crippen LogP) is 2.70. The first-order valence-corrected chi connectivity index (χ1v) is 7.60. The minimum Gasteiger partial charge on any atom is -0.493 e. The van der Waals surface area contributed by atoms with Gasteiger partial charge in [-0.2, -0.15) is 0 Å². The zero-order valence-electron chi connectivity index (χ0n) is 13.0. The van der Waals surface area contributed by atoms with Crippen LogP contribution in [0.2, 0.25) is 0 Å². The predicted molar refractivity (Wildman–Crippen MR) is 86.7 cm³/mol. The third-order valence-corrected chi connectivity index (χ3v) is 4.34. The highest BCUT2D eigenvalue weighted by Crippen LogP contribution is 2.30. The summed E-state index contributed by atoms with van der Waals surface area (Å²) in [4.78, 5) is 24.2. The maximum atomic E-state index is 12.3. The van der Waals surface area contributed by atoms with Gasteiger partial charge >= 0.3 is 5.97 Å². The molecule has 23 heavy (non-hydrogen) atoms. The highest BCUT2D eigenvalue weighted by molar-refractivity contribution is 7.13. The first-order chi connectivity index (χ1) is 11.0. The van der Waals surface area contributed by atoms with E-state index >= 15 is 0 Å².